The molecule has 4 heterocycles. The first-order valence-corrected chi connectivity index (χ1v) is 8.94. The Morgan fingerprint density at radius 3 is 2.89 bits per heavy atom. The summed E-state index contributed by atoms with van der Waals surface area (Å²) in [5, 5.41) is 12.1. The van der Waals surface area contributed by atoms with Crippen LogP contribution in [0, 0.1) is 0 Å². The van der Waals surface area contributed by atoms with Crippen LogP contribution in [0.15, 0.2) is 47.2 Å². The van der Waals surface area contributed by atoms with Gasteiger partial charge < -0.3 is 19.1 Å². The number of pyridine rings is 1. The SMILES string of the molecule is CN(C)c1ccc(OC2CCN(C(=O)c3cc(-c4cccnc4)on3)C2)nn1. The third kappa shape index (κ3) is 3.78. The largest absolute Gasteiger partial charge is 0.471 e. The zero-order valence-electron chi connectivity index (χ0n) is 15.6. The van der Waals surface area contributed by atoms with Crippen LogP contribution < -0.4 is 9.64 Å². The lowest BCUT2D eigenvalue weighted by Crippen LogP contribution is -2.31. The van der Waals surface area contributed by atoms with Crippen molar-refractivity contribution >= 4 is 11.7 Å². The van der Waals surface area contributed by atoms with Gasteiger partial charge in [-0.25, -0.2) is 0 Å². The van der Waals surface area contributed by atoms with E-state index in [9.17, 15) is 4.79 Å². The Bertz CT molecular complexity index is 942. The quantitative estimate of drug-likeness (QED) is 0.662. The van der Waals surface area contributed by atoms with Gasteiger partial charge >= 0.3 is 0 Å². The van der Waals surface area contributed by atoms with Crippen molar-refractivity contribution in [3.05, 3.63) is 48.4 Å². The van der Waals surface area contributed by atoms with E-state index in [4.69, 9.17) is 9.26 Å². The van der Waals surface area contributed by atoms with Crippen LogP contribution in [0.1, 0.15) is 16.9 Å². The topological polar surface area (TPSA) is 97.5 Å². The number of anilines is 1. The summed E-state index contributed by atoms with van der Waals surface area (Å²) in [6.07, 6.45) is 3.93. The average Bonchev–Trinajstić information content (AvgIpc) is 3.38. The fourth-order valence-corrected chi connectivity index (χ4v) is 2.98. The molecule has 0 saturated carbocycles. The molecule has 0 N–H and O–H groups in total. The second kappa shape index (κ2) is 7.63. The molecule has 0 spiro atoms. The van der Waals surface area contributed by atoms with Crippen LogP contribution in [0.5, 0.6) is 5.88 Å². The van der Waals surface area contributed by atoms with Crippen molar-refractivity contribution in [2.75, 3.05) is 32.1 Å². The molecule has 0 radical (unpaired) electrons. The molecule has 0 aliphatic carbocycles. The van der Waals surface area contributed by atoms with E-state index >= 15 is 0 Å². The number of amides is 1. The van der Waals surface area contributed by atoms with Crippen molar-refractivity contribution in [1.29, 1.82) is 0 Å². The maximum atomic E-state index is 12.7. The van der Waals surface area contributed by atoms with Crippen molar-refractivity contribution in [3.8, 4) is 17.2 Å². The molecule has 1 amide bonds. The van der Waals surface area contributed by atoms with Crippen molar-refractivity contribution in [2.45, 2.75) is 12.5 Å². The molecule has 1 aliphatic heterocycles. The standard InChI is InChI=1S/C19H20N6O3/c1-24(2)17-5-6-18(22-21-17)27-14-7-9-25(12-14)19(26)15-10-16(28-23-15)13-4-3-8-20-11-13/h3-6,8,10-11,14H,7,9,12H2,1-2H3. The van der Waals surface area contributed by atoms with Crippen LogP contribution in [0.25, 0.3) is 11.3 Å². The van der Waals surface area contributed by atoms with E-state index in [-0.39, 0.29) is 17.7 Å². The van der Waals surface area contributed by atoms with Crippen molar-refractivity contribution in [3.63, 3.8) is 0 Å². The normalized spacial score (nSPS) is 16.2. The molecule has 9 heteroatoms. The van der Waals surface area contributed by atoms with Crippen LogP contribution in [0.3, 0.4) is 0 Å². The zero-order valence-corrected chi connectivity index (χ0v) is 15.6. The van der Waals surface area contributed by atoms with Crippen molar-refractivity contribution < 1.29 is 14.1 Å². The van der Waals surface area contributed by atoms with Crippen LogP contribution in [0.4, 0.5) is 5.82 Å². The highest BCUT2D eigenvalue weighted by molar-refractivity contribution is 5.93. The summed E-state index contributed by atoms with van der Waals surface area (Å²) in [6.45, 7) is 1.05. The summed E-state index contributed by atoms with van der Waals surface area (Å²) in [4.78, 5) is 20.3. The number of hydrogen-bond acceptors (Lipinski definition) is 8. The van der Waals surface area contributed by atoms with Gasteiger partial charge in [-0.2, -0.15) is 0 Å². The van der Waals surface area contributed by atoms with Crippen LogP contribution >= 0.6 is 0 Å². The van der Waals surface area contributed by atoms with Gasteiger partial charge in [-0.15, -0.1) is 10.2 Å². The minimum Gasteiger partial charge on any atom is -0.471 e. The van der Waals surface area contributed by atoms with Gasteiger partial charge in [0, 0.05) is 57.2 Å². The monoisotopic (exact) mass is 380 g/mol. The summed E-state index contributed by atoms with van der Waals surface area (Å²) in [7, 11) is 3.79. The minimum absolute atomic E-state index is 0.131. The highest BCUT2D eigenvalue weighted by Crippen LogP contribution is 2.22. The molecule has 0 aromatic carbocycles. The molecule has 1 atom stereocenters. The Morgan fingerprint density at radius 2 is 2.18 bits per heavy atom. The van der Waals surface area contributed by atoms with Crippen molar-refractivity contribution in [1.82, 2.24) is 25.2 Å². The lowest BCUT2D eigenvalue weighted by atomic mass is 10.2. The third-order valence-electron chi connectivity index (χ3n) is 4.48. The summed E-state index contributed by atoms with van der Waals surface area (Å²) >= 11 is 0. The van der Waals surface area contributed by atoms with Gasteiger partial charge in [0.2, 0.25) is 5.88 Å². The molecule has 9 nitrogen and oxygen atoms in total. The van der Waals surface area contributed by atoms with E-state index < -0.39 is 0 Å². The average molecular weight is 380 g/mol. The molecule has 3 aromatic rings. The number of nitrogens with zero attached hydrogens (tertiary/aromatic N) is 6. The first-order chi connectivity index (χ1) is 13.6. The molecule has 1 fully saturated rings. The smallest absolute Gasteiger partial charge is 0.276 e. The third-order valence-corrected chi connectivity index (χ3v) is 4.48. The summed E-state index contributed by atoms with van der Waals surface area (Å²) < 4.78 is 11.2. The molecule has 28 heavy (non-hydrogen) atoms. The number of carbonyl (C=O) groups is 1. The van der Waals surface area contributed by atoms with E-state index in [1.165, 1.54) is 0 Å². The first-order valence-electron chi connectivity index (χ1n) is 8.94. The van der Waals surface area contributed by atoms with Crippen LogP contribution in [0.2, 0.25) is 0 Å². The molecular formula is C19H20N6O3. The second-order valence-electron chi connectivity index (χ2n) is 6.72. The minimum atomic E-state index is -0.181. The second-order valence-corrected chi connectivity index (χ2v) is 6.72. The molecule has 4 rings (SSSR count). The van der Waals surface area contributed by atoms with Gasteiger partial charge in [-0.05, 0) is 18.2 Å². The molecular weight excluding hydrogens is 360 g/mol. The highest BCUT2D eigenvalue weighted by atomic mass is 16.5. The fourth-order valence-electron chi connectivity index (χ4n) is 2.98. The number of likely N-dealkylation sites (tertiary alicyclic amines) is 1. The number of rotatable bonds is 5. The molecule has 1 saturated heterocycles. The van der Waals surface area contributed by atoms with Gasteiger partial charge in [-0.1, -0.05) is 5.16 Å². The predicted octanol–water partition coefficient (Wildman–Crippen LogP) is 1.89. The molecule has 0 bridgehead atoms. The lowest BCUT2D eigenvalue weighted by Gasteiger charge is -2.16. The van der Waals surface area contributed by atoms with Crippen LogP contribution in [-0.2, 0) is 0 Å². The Morgan fingerprint density at radius 1 is 1.29 bits per heavy atom. The van der Waals surface area contributed by atoms with E-state index in [2.05, 4.69) is 20.3 Å². The summed E-state index contributed by atoms with van der Waals surface area (Å²) in [6, 6.07) is 8.92. The van der Waals surface area contributed by atoms with Gasteiger partial charge in [0.25, 0.3) is 5.91 Å². The van der Waals surface area contributed by atoms with Gasteiger partial charge in [-0.3, -0.25) is 9.78 Å². The van der Waals surface area contributed by atoms with E-state index in [1.54, 1.807) is 35.5 Å². The number of ether oxygens (including phenoxy) is 1. The maximum absolute atomic E-state index is 12.7. The van der Waals surface area contributed by atoms with E-state index in [0.717, 1.165) is 17.8 Å². The number of aromatic nitrogens is 4. The first kappa shape index (κ1) is 17.9. The van der Waals surface area contributed by atoms with Crippen LogP contribution in [-0.4, -0.2) is 64.4 Å². The lowest BCUT2D eigenvalue weighted by molar-refractivity contribution is 0.0761. The zero-order chi connectivity index (χ0) is 19.5. The molecule has 3 aromatic heterocycles. The maximum Gasteiger partial charge on any atom is 0.276 e. The molecule has 144 valence electrons. The Balaban J connectivity index is 1.37. The van der Waals surface area contributed by atoms with Gasteiger partial charge in [0.1, 0.15) is 6.10 Å². The Hall–Kier alpha value is -3.49. The van der Waals surface area contributed by atoms with E-state index in [1.807, 2.05) is 31.1 Å². The number of carbonyl (C=O) groups excluding carboxylic acids is 1. The summed E-state index contributed by atoms with van der Waals surface area (Å²) in [5.41, 5.74) is 1.05. The Labute approximate surface area is 161 Å². The summed E-state index contributed by atoms with van der Waals surface area (Å²) in [5.74, 6) is 1.54. The molecule has 1 aliphatic rings. The van der Waals surface area contributed by atoms with Gasteiger partial charge in [0.15, 0.2) is 17.3 Å². The van der Waals surface area contributed by atoms with Gasteiger partial charge in [0.05, 0.1) is 6.54 Å². The number of hydrogen-bond donors (Lipinski definition) is 0. The highest BCUT2D eigenvalue weighted by Gasteiger charge is 2.30. The molecule has 1 unspecified atom stereocenters. The predicted molar refractivity (Wildman–Crippen MR) is 101 cm³/mol. The van der Waals surface area contributed by atoms with E-state index in [0.29, 0.717) is 24.7 Å². The fraction of sp³-hybridized carbons (Fsp3) is 0.316. The Kier molecular flexibility index (Phi) is 4.88. The van der Waals surface area contributed by atoms with Crippen molar-refractivity contribution in [2.24, 2.45) is 0 Å².